The number of alkyl halides is 1. The zero-order valence-corrected chi connectivity index (χ0v) is 18.7. The van der Waals surface area contributed by atoms with Crippen LogP contribution in [0.2, 0.25) is 0 Å². The summed E-state index contributed by atoms with van der Waals surface area (Å²) in [6.07, 6.45) is 7.20. The van der Waals surface area contributed by atoms with E-state index in [0.29, 0.717) is 30.1 Å². The number of aliphatic imine (C=N–C) groups is 3. The Hall–Kier alpha value is -1.83. The summed E-state index contributed by atoms with van der Waals surface area (Å²) < 4.78 is 14.5. The fourth-order valence-electron chi connectivity index (χ4n) is 2.80. The number of allylic oxidation sites excluding steroid dienone is 1. The first kappa shape index (κ1) is 25.2. The number of rotatable bonds is 9. The smallest absolute Gasteiger partial charge is 0.333 e. The van der Waals surface area contributed by atoms with Gasteiger partial charge in [-0.25, -0.2) is 14.2 Å². The SMILES string of the molecule is CCC/C=N\C(=N/C)C1=CCC(C(F)CNC(=O)/N=C(/C)SCC(=O)CC)CC1. The standard InChI is InChI=1S/C21H33FN4O2S/c1-5-7-12-24-20(23-4)17-10-8-16(9-11-17)19(22)13-25-21(28)26-15(3)29-14-18(27)6-2/h10,12,16,19H,5-9,11,13-14H2,1-4H3,(H,25,28)/b23-20-,24-12-,26-15-. The Labute approximate surface area is 177 Å². The van der Waals surface area contributed by atoms with Crippen LogP contribution in [0.5, 0.6) is 0 Å². The molecule has 0 heterocycles. The lowest BCUT2D eigenvalue weighted by atomic mass is 9.86. The van der Waals surface area contributed by atoms with E-state index in [4.69, 9.17) is 0 Å². The van der Waals surface area contributed by atoms with E-state index in [1.54, 1.807) is 20.9 Å². The summed E-state index contributed by atoms with van der Waals surface area (Å²) in [5.41, 5.74) is 1.06. The zero-order valence-electron chi connectivity index (χ0n) is 17.9. The van der Waals surface area contributed by atoms with E-state index < -0.39 is 12.2 Å². The highest BCUT2D eigenvalue weighted by Crippen LogP contribution is 2.28. The molecule has 162 valence electrons. The minimum atomic E-state index is -1.13. The largest absolute Gasteiger partial charge is 0.341 e. The average Bonchev–Trinajstić information content (AvgIpc) is 2.73. The molecule has 6 nitrogen and oxygen atoms in total. The Kier molecular flexibility index (Phi) is 12.3. The van der Waals surface area contributed by atoms with Crippen molar-refractivity contribution < 1.29 is 14.0 Å². The fourth-order valence-corrected chi connectivity index (χ4v) is 3.53. The first-order valence-electron chi connectivity index (χ1n) is 10.2. The number of hydrogen-bond donors (Lipinski definition) is 1. The van der Waals surface area contributed by atoms with Crippen LogP contribution >= 0.6 is 11.8 Å². The molecule has 0 radical (unpaired) electrons. The Morgan fingerprint density at radius 2 is 2.17 bits per heavy atom. The molecule has 1 aliphatic rings. The van der Waals surface area contributed by atoms with Gasteiger partial charge in [0.1, 0.15) is 17.8 Å². The third-order valence-electron chi connectivity index (χ3n) is 4.64. The summed E-state index contributed by atoms with van der Waals surface area (Å²) in [6.45, 7) is 5.50. The minimum absolute atomic E-state index is 0.0641. The van der Waals surface area contributed by atoms with Gasteiger partial charge in [-0.3, -0.25) is 9.79 Å². The van der Waals surface area contributed by atoms with Crippen LogP contribution in [0.25, 0.3) is 0 Å². The summed E-state index contributed by atoms with van der Waals surface area (Å²) in [7, 11) is 1.72. The normalized spacial score (nSPS) is 19.2. The van der Waals surface area contributed by atoms with Gasteiger partial charge in [-0.05, 0) is 44.1 Å². The van der Waals surface area contributed by atoms with Crippen molar-refractivity contribution in [3.05, 3.63) is 11.6 Å². The topological polar surface area (TPSA) is 83.2 Å². The van der Waals surface area contributed by atoms with Crippen molar-refractivity contribution in [2.45, 2.75) is 65.5 Å². The van der Waals surface area contributed by atoms with Gasteiger partial charge in [0.15, 0.2) is 0 Å². The van der Waals surface area contributed by atoms with E-state index in [2.05, 4.69) is 27.2 Å². The molecule has 0 aromatic heterocycles. The van der Waals surface area contributed by atoms with Gasteiger partial charge in [0.05, 0.1) is 17.3 Å². The molecule has 0 bridgehead atoms. The highest BCUT2D eigenvalue weighted by Gasteiger charge is 2.25. The van der Waals surface area contributed by atoms with Crippen molar-refractivity contribution in [3.63, 3.8) is 0 Å². The number of hydrogen-bond acceptors (Lipinski definition) is 4. The molecule has 0 aliphatic heterocycles. The number of Topliss-reactive ketones (excluding diaryl/α,β-unsaturated/α-hetero) is 1. The number of amides is 2. The lowest BCUT2D eigenvalue weighted by Crippen LogP contribution is -2.33. The number of halogens is 1. The summed E-state index contributed by atoms with van der Waals surface area (Å²) in [5, 5.41) is 3.02. The number of nitrogens with one attached hydrogen (secondary N) is 1. The van der Waals surface area contributed by atoms with Gasteiger partial charge in [0, 0.05) is 19.7 Å². The second kappa shape index (κ2) is 14.2. The number of nitrogens with zero attached hydrogens (tertiary/aromatic N) is 3. The molecule has 29 heavy (non-hydrogen) atoms. The molecule has 2 atom stereocenters. The van der Waals surface area contributed by atoms with Crippen molar-refractivity contribution in [2.75, 3.05) is 19.3 Å². The van der Waals surface area contributed by atoms with Crippen molar-refractivity contribution in [1.29, 1.82) is 0 Å². The molecular formula is C21H33FN4O2S. The van der Waals surface area contributed by atoms with Crippen LogP contribution in [0.15, 0.2) is 26.6 Å². The summed E-state index contributed by atoms with van der Waals surface area (Å²) in [6, 6.07) is -0.570. The van der Waals surface area contributed by atoms with Gasteiger partial charge in [-0.1, -0.05) is 26.3 Å². The van der Waals surface area contributed by atoms with E-state index in [9.17, 15) is 14.0 Å². The minimum Gasteiger partial charge on any atom is -0.333 e. The molecule has 1 N–H and O–H groups in total. The van der Waals surface area contributed by atoms with Crippen molar-refractivity contribution in [3.8, 4) is 0 Å². The molecule has 0 saturated carbocycles. The van der Waals surface area contributed by atoms with Gasteiger partial charge in [0.2, 0.25) is 0 Å². The van der Waals surface area contributed by atoms with E-state index in [0.717, 1.165) is 30.7 Å². The molecule has 0 saturated heterocycles. The molecular weight excluding hydrogens is 391 g/mol. The van der Waals surface area contributed by atoms with Crippen LogP contribution < -0.4 is 5.32 Å². The number of unbranched alkanes of at least 4 members (excludes halogenated alkanes) is 1. The molecule has 2 unspecified atom stereocenters. The Balaban J connectivity index is 2.46. The van der Waals surface area contributed by atoms with Crippen molar-refractivity contribution in [2.24, 2.45) is 20.9 Å². The number of thioether (sulfide) groups is 1. The lowest BCUT2D eigenvalue weighted by Gasteiger charge is -2.24. The summed E-state index contributed by atoms with van der Waals surface area (Å²) in [5.74, 6) is 0.987. The maximum atomic E-state index is 14.5. The molecule has 2 amide bonds. The summed E-state index contributed by atoms with van der Waals surface area (Å²) >= 11 is 1.23. The maximum Gasteiger partial charge on any atom is 0.341 e. The number of urea groups is 1. The van der Waals surface area contributed by atoms with Crippen LogP contribution in [0.4, 0.5) is 9.18 Å². The second-order valence-electron chi connectivity index (χ2n) is 6.93. The first-order chi connectivity index (χ1) is 13.9. The third-order valence-corrected chi connectivity index (χ3v) is 5.61. The quantitative estimate of drug-likeness (QED) is 0.427. The Morgan fingerprint density at radius 3 is 2.76 bits per heavy atom. The van der Waals surface area contributed by atoms with Crippen LogP contribution in [0.1, 0.15) is 59.3 Å². The second-order valence-corrected chi connectivity index (χ2v) is 8.09. The number of amidine groups is 1. The summed E-state index contributed by atoms with van der Waals surface area (Å²) in [4.78, 5) is 35.6. The van der Waals surface area contributed by atoms with Crippen LogP contribution in [-0.2, 0) is 4.79 Å². The highest BCUT2D eigenvalue weighted by atomic mass is 32.2. The molecule has 0 spiro atoms. The molecule has 1 aliphatic carbocycles. The number of carbonyl (C=O) groups excluding carboxylic acids is 2. The Morgan fingerprint density at radius 1 is 1.41 bits per heavy atom. The molecule has 1 rings (SSSR count). The Bertz CT molecular complexity index is 674. The van der Waals surface area contributed by atoms with Gasteiger partial charge >= 0.3 is 6.03 Å². The van der Waals surface area contributed by atoms with Crippen LogP contribution in [0, 0.1) is 5.92 Å². The molecule has 8 heteroatoms. The molecule has 0 fully saturated rings. The van der Waals surface area contributed by atoms with Crippen LogP contribution in [0.3, 0.4) is 0 Å². The zero-order chi connectivity index (χ0) is 21.6. The first-order valence-corrected chi connectivity index (χ1v) is 11.2. The van der Waals surface area contributed by atoms with Crippen molar-refractivity contribution in [1.82, 2.24) is 5.32 Å². The number of ketones is 1. The van der Waals surface area contributed by atoms with Gasteiger partial charge in [-0.15, -0.1) is 11.8 Å². The third kappa shape index (κ3) is 9.96. The van der Waals surface area contributed by atoms with E-state index in [1.165, 1.54) is 11.8 Å². The number of carbonyl (C=O) groups is 2. The monoisotopic (exact) mass is 424 g/mol. The fraction of sp³-hybridized carbons (Fsp3) is 0.667. The van der Waals surface area contributed by atoms with Gasteiger partial charge < -0.3 is 5.32 Å². The van der Waals surface area contributed by atoms with Crippen LogP contribution in [-0.4, -0.2) is 54.4 Å². The van der Waals surface area contributed by atoms with E-state index >= 15 is 0 Å². The molecule has 0 aromatic carbocycles. The molecule has 0 aromatic rings. The predicted molar refractivity (Wildman–Crippen MR) is 121 cm³/mol. The van der Waals surface area contributed by atoms with Gasteiger partial charge in [-0.2, -0.15) is 4.99 Å². The maximum absolute atomic E-state index is 14.5. The van der Waals surface area contributed by atoms with E-state index in [1.807, 2.05) is 12.3 Å². The highest BCUT2D eigenvalue weighted by molar-refractivity contribution is 8.14. The van der Waals surface area contributed by atoms with Crippen molar-refractivity contribution >= 4 is 40.7 Å². The van der Waals surface area contributed by atoms with Gasteiger partial charge in [0.25, 0.3) is 0 Å². The van der Waals surface area contributed by atoms with E-state index in [-0.39, 0.29) is 18.2 Å². The predicted octanol–water partition coefficient (Wildman–Crippen LogP) is 4.79. The lowest BCUT2D eigenvalue weighted by molar-refractivity contribution is -0.116. The average molecular weight is 425 g/mol.